The predicted molar refractivity (Wildman–Crippen MR) is 115 cm³/mol. The number of amides is 1. The topological polar surface area (TPSA) is 93.8 Å². The number of para-hydroxylation sites is 1. The molecule has 0 atom stereocenters. The van der Waals surface area contributed by atoms with Gasteiger partial charge in [0.25, 0.3) is 11.5 Å². The summed E-state index contributed by atoms with van der Waals surface area (Å²) in [7, 11) is 0. The Kier molecular flexibility index (Phi) is 6.60. The average Bonchev–Trinajstić information content (AvgIpc) is 2.80. The minimum atomic E-state index is -0.408. The molecule has 160 valence electrons. The first-order chi connectivity index (χ1) is 14.7. The van der Waals surface area contributed by atoms with Gasteiger partial charge in [-0.3, -0.25) is 19.5 Å². The summed E-state index contributed by atoms with van der Waals surface area (Å²) in [6, 6.07) is 10.3. The van der Waals surface area contributed by atoms with Gasteiger partial charge in [-0.2, -0.15) is 0 Å². The minimum Gasteiger partial charge on any atom is -0.379 e. The number of ether oxygens (including phenoxy) is 1. The Balaban J connectivity index is 1.29. The minimum absolute atomic E-state index is 0.0450. The van der Waals surface area contributed by atoms with Gasteiger partial charge in [0.1, 0.15) is 5.56 Å². The van der Waals surface area contributed by atoms with Gasteiger partial charge >= 0.3 is 0 Å². The van der Waals surface area contributed by atoms with Crippen LogP contribution in [0.15, 0.2) is 41.3 Å². The Hall–Kier alpha value is -2.91. The molecule has 1 amide bonds. The van der Waals surface area contributed by atoms with Gasteiger partial charge in [-0.05, 0) is 12.1 Å². The molecule has 2 saturated heterocycles. The molecule has 2 aliphatic rings. The number of hydrogen-bond acceptors (Lipinski definition) is 7. The van der Waals surface area contributed by atoms with Gasteiger partial charge in [0, 0.05) is 64.2 Å². The SMILES string of the molecule is O=C(NCCN1CCOCC1)c1cnc(N2CCN(c3ccccc3)CC2)[nH]c1=O. The molecule has 1 aromatic carbocycles. The second-order valence-corrected chi connectivity index (χ2v) is 7.47. The first-order valence-corrected chi connectivity index (χ1v) is 10.4. The number of nitrogens with zero attached hydrogens (tertiary/aromatic N) is 4. The fraction of sp³-hybridized carbons (Fsp3) is 0.476. The number of aromatic amines is 1. The third kappa shape index (κ3) is 4.98. The number of carbonyl (C=O) groups is 1. The van der Waals surface area contributed by atoms with Gasteiger partial charge in [-0.1, -0.05) is 18.2 Å². The molecule has 0 unspecified atom stereocenters. The quantitative estimate of drug-likeness (QED) is 0.698. The zero-order valence-corrected chi connectivity index (χ0v) is 17.0. The fourth-order valence-electron chi connectivity index (χ4n) is 3.77. The molecular formula is C21H28N6O3. The van der Waals surface area contributed by atoms with Crippen molar-refractivity contribution in [3.05, 3.63) is 52.4 Å². The lowest BCUT2D eigenvalue weighted by Crippen LogP contribution is -2.47. The van der Waals surface area contributed by atoms with E-state index in [0.29, 0.717) is 12.5 Å². The molecule has 0 bridgehead atoms. The molecule has 1 aromatic heterocycles. The molecule has 9 nitrogen and oxygen atoms in total. The monoisotopic (exact) mass is 412 g/mol. The highest BCUT2D eigenvalue weighted by molar-refractivity contribution is 5.93. The standard InChI is InChI=1S/C21H28N6O3/c28-19(22-6-7-25-12-14-30-15-13-25)18-16-23-21(24-20(18)29)27-10-8-26(9-11-27)17-4-2-1-3-5-17/h1-5,16H,6-15H2,(H,22,28)(H,23,24,29). The number of rotatable bonds is 6. The number of anilines is 2. The molecular weight excluding hydrogens is 384 g/mol. The van der Waals surface area contributed by atoms with Gasteiger partial charge in [-0.25, -0.2) is 4.98 Å². The summed E-state index contributed by atoms with van der Waals surface area (Å²) >= 11 is 0. The van der Waals surface area contributed by atoms with Crippen molar-refractivity contribution in [1.29, 1.82) is 0 Å². The lowest BCUT2D eigenvalue weighted by atomic mass is 10.2. The Morgan fingerprint density at radius 2 is 1.73 bits per heavy atom. The van der Waals surface area contributed by atoms with E-state index in [1.807, 2.05) is 23.1 Å². The lowest BCUT2D eigenvalue weighted by molar-refractivity contribution is 0.0383. The number of morpholine rings is 1. The molecule has 9 heteroatoms. The Morgan fingerprint density at radius 3 is 2.43 bits per heavy atom. The molecule has 0 aliphatic carbocycles. The predicted octanol–water partition coefficient (Wildman–Crippen LogP) is 0.159. The van der Waals surface area contributed by atoms with Crippen molar-refractivity contribution in [3.63, 3.8) is 0 Å². The van der Waals surface area contributed by atoms with Crippen molar-refractivity contribution in [2.24, 2.45) is 0 Å². The van der Waals surface area contributed by atoms with Crippen molar-refractivity contribution < 1.29 is 9.53 Å². The highest BCUT2D eigenvalue weighted by Crippen LogP contribution is 2.17. The first kappa shape index (κ1) is 20.4. The molecule has 30 heavy (non-hydrogen) atoms. The Morgan fingerprint density at radius 1 is 1.03 bits per heavy atom. The second kappa shape index (κ2) is 9.73. The van der Waals surface area contributed by atoms with Crippen LogP contribution in [0.1, 0.15) is 10.4 Å². The summed E-state index contributed by atoms with van der Waals surface area (Å²) in [5.74, 6) is 0.120. The maximum absolute atomic E-state index is 12.5. The molecule has 3 heterocycles. The van der Waals surface area contributed by atoms with Crippen molar-refractivity contribution in [3.8, 4) is 0 Å². The van der Waals surface area contributed by atoms with E-state index in [-0.39, 0.29) is 5.56 Å². The molecule has 2 fully saturated rings. The smallest absolute Gasteiger partial charge is 0.265 e. The summed E-state index contributed by atoms with van der Waals surface area (Å²) in [5, 5.41) is 2.81. The molecule has 2 aromatic rings. The van der Waals surface area contributed by atoms with Crippen LogP contribution < -0.4 is 20.7 Å². The largest absolute Gasteiger partial charge is 0.379 e. The van der Waals surface area contributed by atoms with Crippen LogP contribution in [-0.4, -0.2) is 86.3 Å². The average molecular weight is 412 g/mol. The number of nitrogens with one attached hydrogen (secondary N) is 2. The molecule has 0 saturated carbocycles. The van der Waals surface area contributed by atoms with E-state index < -0.39 is 11.5 Å². The first-order valence-electron chi connectivity index (χ1n) is 10.4. The van der Waals surface area contributed by atoms with Crippen LogP contribution in [0.4, 0.5) is 11.6 Å². The normalized spacial score (nSPS) is 17.7. The zero-order chi connectivity index (χ0) is 20.8. The Bertz CT molecular complexity index is 889. The molecule has 0 radical (unpaired) electrons. The van der Waals surface area contributed by atoms with Crippen LogP contribution in [-0.2, 0) is 4.74 Å². The maximum Gasteiger partial charge on any atom is 0.265 e. The number of H-pyrrole nitrogens is 1. The van der Waals surface area contributed by atoms with Crippen LogP contribution in [0.5, 0.6) is 0 Å². The van der Waals surface area contributed by atoms with Gasteiger partial charge in [-0.15, -0.1) is 0 Å². The number of hydrogen-bond donors (Lipinski definition) is 2. The van der Waals surface area contributed by atoms with Crippen molar-refractivity contribution in [2.45, 2.75) is 0 Å². The maximum atomic E-state index is 12.5. The van der Waals surface area contributed by atoms with Gasteiger partial charge < -0.3 is 19.9 Å². The summed E-state index contributed by atoms with van der Waals surface area (Å²) in [5.41, 5.74) is 0.834. The summed E-state index contributed by atoms with van der Waals surface area (Å²) < 4.78 is 5.31. The number of carbonyl (C=O) groups excluding carboxylic acids is 1. The summed E-state index contributed by atoms with van der Waals surface area (Å²) in [6.45, 7) is 7.60. The fourth-order valence-corrected chi connectivity index (χ4v) is 3.77. The molecule has 2 aliphatic heterocycles. The highest BCUT2D eigenvalue weighted by atomic mass is 16.5. The van der Waals surface area contributed by atoms with Crippen LogP contribution in [0.2, 0.25) is 0 Å². The van der Waals surface area contributed by atoms with E-state index in [4.69, 9.17) is 4.74 Å². The molecule has 2 N–H and O–H groups in total. The number of benzene rings is 1. The van der Waals surface area contributed by atoms with Crippen LogP contribution in [0.3, 0.4) is 0 Å². The van der Waals surface area contributed by atoms with Gasteiger partial charge in [0.15, 0.2) is 0 Å². The van der Waals surface area contributed by atoms with Gasteiger partial charge in [0.2, 0.25) is 5.95 Å². The van der Waals surface area contributed by atoms with Crippen LogP contribution >= 0.6 is 0 Å². The van der Waals surface area contributed by atoms with E-state index in [2.05, 4.69) is 37.2 Å². The van der Waals surface area contributed by atoms with Gasteiger partial charge in [0.05, 0.1) is 13.2 Å². The van der Waals surface area contributed by atoms with Crippen molar-refractivity contribution in [2.75, 3.05) is 75.4 Å². The summed E-state index contributed by atoms with van der Waals surface area (Å²) in [6.07, 6.45) is 1.38. The van der Waals surface area contributed by atoms with E-state index in [1.165, 1.54) is 11.9 Å². The van der Waals surface area contributed by atoms with E-state index >= 15 is 0 Å². The lowest BCUT2D eigenvalue weighted by Gasteiger charge is -2.36. The van der Waals surface area contributed by atoms with Crippen LogP contribution in [0.25, 0.3) is 0 Å². The van der Waals surface area contributed by atoms with E-state index in [1.54, 1.807) is 0 Å². The second-order valence-electron chi connectivity index (χ2n) is 7.47. The van der Waals surface area contributed by atoms with E-state index in [0.717, 1.165) is 59.0 Å². The zero-order valence-electron chi connectivity index (χ0n) is 17.0. The highest BCUT2D eigenvalue weighted by Gasteiger charge is 2.20. The number of piperazine rings is 1. The molecule has 4 rings (SSSR count). The Labute approximate surface area is 175 Å². The van der Waals surface area contributed by atoms with Crippen molar-refractivity contribution >= 4 is 17.5 Å². The third-order valence-corrected chi connectivity index (χ3v) is 5.55. The summed E-state index contributed by atoms with van der Waals surface area (Å²) in [4.78, 5) is 38.5. The number of aromatic nitrogens is 2. The third-order valence-electron chi connectivity index (χ3n) is 5.55. The van der Waals surface area contributed by atoms with E-state index in [9.17, 15) is 9.59 Å². The van der Waals surface area contributed by atoms with Crippen LogP contribution in [0, 0.1) is 0 Å². The molecule has 0 spiro atoms. The van der Waals surface area contributed by atoms with Crippen molar-refractivity contribution in [1.82, 2.24) is 20.2 Å².